The lowest BCUT2D eigenvalue weighted by Crippen LogP contribution is -2.22. The number of carbonyl (C=O) groups is 2. The Morgan fingerprint density at radius 1 is 1.11 bits per heavy atom. The SMILES string of the molecule is O=C1CC(=O)CC(c2ccccc2OC(F)F)C1. The largest absolute Gasteiger partial charge is 0.435 e. The van der Waals surface area contributed by atoms with Crippen molar-refractivity contribution in [1.82, 2.24) is 0 Å². The molecule has 0 aliphatic heterocycles. The first-order chi connectivity index (χ1) is 8.56. The predicted molar refractivity (Wildman–Crippen MR) is 59.7 cm³/mol. The van der Waals surface area contributed by atoms with E-state index in [4.69, 9.17) is 0 Å². The summed E-state index contributed by atoms with van der Waals surface area (Å²) in [5.41, 5.74) is 0.499. The Morgan fingerprint density at radius 3 is 2.33 bits per heavy atom. The van der Waals surface area contributed by atoms with Gasteiger partial charge in [0.1, 0.15) is 17.3 Å². The number of benzene rings is 1. The molecule has 96 valence electrons. The number of ketones is 2. The first kappa shape index (κ1) is 12.7. The molecular formula is C13H12F2O3. The number of hydrogen-bond donors (Lipinski definition) is 0. The van der Waals surface area contributed by atoms with Crippen LogP contribution in [0.2, 0.25) is 0 Å². The standard InChI is InChI=1S/C13H12F2O3/c14-13(15)18-12-4-2-1-3-11(12)8-5-9(16)7-10(17)6-8/h1-4,8,13H,5-7H2. The molecule has 3 nitrogen and oxygen atoms in total. The van der Waals surface area contributed by atoms with Gasteiger partial charge in [-0.25, -0.2) is 0 Å². The summed E-state index contributed by atoms with van der Waals surface area (Å²) >= 11 is 0. The van der Waals surface area contributed by atoms with E-state index >= 15 is 0 Å². The predicted octanol–water partition coefficient (Wildman–Crippen LogP) is 2.69. The van der Waals surface area contributed by atoms with Crippen molar-refractivity contribution in [3.05, 3.63) is 29.8 Å². The first-order valence-corrected chi connectivity index (χ1v) is 5.63. The Balaban J connectivity index is 2.26. The van der Waals surface area contributed by atoms with Gasteiger partial charge in [-0.3, -0.25) is 9.59 Å². The average molecular weight is 254 g/mol. The lowest BCUT2D eigenvalue weighted by molar-refractivity contribution is -0.130. The molecule has 0 unspecified atom stereocenters. The van der Waals surface area contributed by atoms with E-state index in [2.05, 4.69) is 4.74 Å². The van der Waals surface area contributed by atoms with Crippen LogP contribution in [0.5, 0.6) is 5.75 Å². The van der Waals surface area contributed by atoms with E-state index < -0.39 is 6.61 Å². The molecular weight excluding hydrogens is 242 g/mol. The molecule has 0 saturated heterocycles. The van der Waals surface area contributed by atoms with Crippen molar-refractivity contribution in [3.63, 3.8) is 0 Å². The Labute approximate surface area is 103 Å². The van der Waals surface area contributed by atoms with Crippen LogP contribution in [0, 0.1) is 0 Å². The van der Waals surface area contributed by atoms with Crippen molar-refractivity contribution in [2.75, 3.05) is 0 Å². The fraction of sp³-hybridized carbons (Fsp3) is 0.385. The van der Waals surface area contributed by atoms with Gasteiger partial charge in [-0.2, -0.15) is 8.78 Å². The molecule has 1 aliphatic rings. The summed E-state index contributed by atoms with van der Waals surface area (Å²) in [7, 11) is 0. The lowest BCUT2D eigenvalue weighted by Gasteiger charge is -2.22. The van der Waals surface area contributed by atoms with Crippen LogP contribution in [0.25, 0.3) is 0 Å². The summed E-state index contributed by atoms with van der Waals surface area (Å²) in [6.45, 7) is -2.92. The number of para-hydroxylation sites is 1. The van der Waals surface area contributed by atoms with E-state index in [1.807, 2.05) is 0 Å². The number of carbonyl (C=O) groups excluding carboxylic acids is 2. The van der Waals surface area contributed by atoms with Crippen molar-refractivity contribution >= 4 is 11.6 Å². The highest BCUT2D eigenvalue weighted by Gasteiger charge is 2.28. The molecule has 18 heavy (non-hydrogen) atoms. The molecule has 2 rings (SSSR count). The second kappa shape index (κ2) is 5.25. The maximum atomic E-state index is 12.3. The molecule has 0 spiro atoms. The molecule has 0 N–H and O–H groups in total. The maximum absolute atomic E-state index is 12.3. The molecule has 1 aliphatic carbocycles. The molecule has 1 aromatic rings. The van der Waals surface area contributed by atoms with Crippen LogP contribution in [0.1, 0.15) is 30.7 Å². The normalized spacial score (nSPS) is 17.3. The second-order valence-electron chi connectivity index (χ2n) is 4.28. The number of Topliss-reactive ketones (excluding diaryl/α,β-unsaturated/α-hetero) is 2. The summed E-state index contributed by atoms with van der Waals surface area (Å²) in [6, 6.07) is 6.30. The highest BCUT2D eigenvalue weighted by molar-refractivity contribution is 6.02. The molecule has 0 aromatic heterocycles. The Hall–Kier alpha value is -1.78. The Morgan fingerprint density at radius 2 is 1.72 bits per heavy atom. The topological polar surface area (TPSA) is 43.4 Å². The number of ether oxygens (including phenoxy) is 1. The van der Waals surface area contributed by atoms with Crippen LogP contribution < -0.4 is 4.74 Å². The summed E-state index contributed by atoms with van der Waals surface area (Å²) in [6.07, 6.45) is 0.360. The lowest BCUT2D eigenvalue weighted by atomic mass is 9.82. The maximum Gasteiger partial charge on any atom is 0.387 e. The zero-order valence-corrected chi connectivity index (χ0v) is 9.57. The van der Waals surface area contributed by atoms with E-state index in [9.17, 15) is 18.4 Å². The van der Waals surface area contributed by atoms with Gasteiger partial charge in [0.15, 0.2) is 0 Å². The molecule has 1 fully saturated rings. The van der Waals surface area contributed by atoms with Crippen molar-refractivity contribution < 1.29 is 23.1 Å². The van der Waals surface area contributed by atoms with Gasteiger partial charge in [0.05, 0.1) is 6.42 Å². The quantitative estimate of drug-likeness (QED) is 0.779. The average Bonchev–Trinajstić information content (AvgIpc) is 2.27. The zero-order chi connectivity index (χ0) is 13.1. The third kappa shape index (κ3) is 2.91. The number of rotatable bonds is 3. The van der Waals surface area contributed by atoms with Crippen molar-refractivity contribution in [3.8, 4) is 5.75 Å². The highest BCUT2D eigenvalue weighted by atomic mass is 19.3. The van der Waals surface area contributed by atoms with Gasteiger partial charge >= 0.3 is 6.61 Å². The number of alkyl halides is 2. The zero-order valence-electron chi connectivity index (χ0n) is 9.57. The van der Waals surface area contributed by atoms with Gasteiger partial charge in [0.25, 0.3) is 0 Å². The third-order valence-corrected chi connectivity index (χ3v) is 2.92. The summed E-state index contributed by atoms with van der Waals surface area (Å²) in [5.74, 6) is -0.611. The smallest absolute Gasteiger partial charge is 0.387 e. The van der Waals surface area contributed by atoms with Crippen LogP contribution in [-0.2, 0) is 9.59 Å². The van der Waals surface area contributed by atoms with Crippen LogP contribution >= 0.6 is 0 Å². The molecule has 1 aromatic carbocycles. The highest BCUT2D eigenvalue weighted by Crippen LogP contribution is 2.35. The molecule has 0 bridgehead atoms. The van der Waals surface area contributed by atoms with Crippen LogP contribution in [0.4, 0.5) is 8.78 Å². The molecule has 0 heterocycles. The number of halogens is 2. The monoisotopic (exact) mass is 254 g/mol. The Bertz CT molecular complexity index is 455. The third-order valence-electron chi connectivity index (χ3n) is 2.92. The van der Waals surface area contributed by atoms with E-state index in [0.717, 1.165) is 0 Å². The fourth-order valence-electron chi connectivity index (χ4n) is 2.23. The molecule has 5 heteroatoms. The fourth-order valence-corrected chi connectivity index (χ4v) is 2.23. The molecule has 1 saturated carbocycles. The summed E-state index contributed by atoms with van der Waals surface area (Å²) in [4.78, 5) is 22.8. The van der Waals surface area contributed by atoms with Gasteiger partial charge in [-0.05, 0) is 11.6 Å². The number of hydrogen-bond acceptors (Lipinski definition) is 3. The Kier molecular flexibility index (Phi) is 3.69. The summed E-state index contributed by atoms with van der Waals surface area (Å²) in [5, 5.41) is 0. The van der Waals surface area contributed by atoms with Gasteiger partial charge in [-0.1, -0.05) is 18.2 Å². The van der Waals surface area contributed by atoms with Gasteiger partial charge < -0.3 is 4.74 Å². The van der Waals surface area contributed by atoms with E-state index in [1.54, 1.807) is 18.2 Å². The minimum absolute atomic E-state index is 0.0417. The molecule has 0 atom stereocenters. The minimum Gasteiger partial charge on any atom is -0.435 e. The first-order valence-electron chi connectivity index (χ1n) is 5.63. The van der Waals surface area contributed by atoms with Gasteiger partial charge in [0.2, 0.25) is 0 Å². The van der Waals surface area contributed by atoms with Crippen LogP contribution in [0.15, 0.2) is 24.3 Å². The van der Waals surface area contributed by atoms with E-state index in [-0.39, 0.29) is 42.5 Å². The molecule has 0 amide bonds. The second-order valence-corrected chi connectivity index (χ2v) is 4.28. The van der Waals surface area contributed by atoms with Crippen molar-refractivity contribution in [2.24, 2.45) is 0 Å². The minimum atomic E-state index is -2.92. The van der Waals surface area contributed by atoms with Crippen molar-refractivity contribution in [1.29, 1.82) is 0 Å². The van der Waals surface area contributed by atoms with Crippen LogP contribution in [-0.4, -0.2) is 18.2 Å². The summed E-state index contributed by atoms with van der Waals surface area (Å²) < 4.78 is 28.9. The van der Waals surface area contributed by atoms with E-state index in [0.29, 0.717) is 5.56 Å². The van der Waals surface area contributed by atoms with Crippen LogP contribution in [0.3, 0.4) is 0 Å². The van der Waals surface area contributed by atoms with Gasteiger partial charge in [0, 0.05) is 18.8 Å². The van der Waals surface area contributed by atoms with Gasteiger partial charge in [-0.15, -0.1) is 0 Å². The van der Waals surface area contributed by atoms with Crippen molar-refractivity contribution in [2.45, 2.75) is 31.8 Å². The van der Waals surface area contributed by atoms with E-state index in [1.165, 1.54) is 6.07 Å². The molecule has 0 radical (unpaired) electrons.